The predicted molar refractivity (Wildman–Crippen MR) is 131 cm³/mol. The van der Waals surface area contributed by atoms with Crippen LogP contribution in [0.5, 0.6) is 0 Å². The number of hydrogen-bond acceptors (Lipinski definition) is 2. The fourth-order valence-electron chi connectivity index (χ4n) is 4.25. The van der Waals surface area contributed by atoms with Crippen LogP contribution in [0.3, 0.4) is 0 Å². The van der Waals surface area contributed by atoms with Crippen LogP contribution in [0.2, 0.25) is 0 Å². The van der Waals surface area contributed by atoms with Crippen molar-refractivity contribution in [2.75, 3.05) is 0 Å². The Balaban J connectivity index is 1.61. The normalized spacial score (nSPS) is 17.2. The average molecular weight is 406 g/mol. The molecule has 0 saturated carbocycles. The molecule has 4 aromatic rings. The third-order valence-electron chi connectivity index (χ3n) is 6.75. The lowest BCUT2D eigenvalue weighted by Gasteiger charge is -2.32. The van der Waals surface area contributed by atoms with Crippen molar-refractivity contribution in [2.24, 2.45) is 0 Å². The summed E-state index contributed by atoms with van der Waals surface area (Å²) in [6, 6.07) is 32.2. The molecular weight excluding hydrogens is 379 g/mol. The van der Waals surface area contributed by atoms with Gasteiger partial charge in [-0.1, -0.05) is 84.9 Å². The molecule has 1 aliphatic heterocycles. The van der Waals surface area contributed by atoms with Crippen molar-refractivity contribution < 1.29 is 9.31 Å². The van der Waals surface area contributed by atoms with E-state index in [-0.39, 0.29) is 18.3 Å². The molecule has 1 saturated heterocycles. The van der Waals surface area contributed by atoms with E-state index in [1.807, 2.05) is 0 Å². The number of benzene rings is 4. The lowest BCUT2D eigenvalue weighted by Crippen LogP contribution is -2.41. The molecule has 0 N–H and O–H groups in total. The number of rotatable bonds is 3. The molecule has 1 aliphatic rings. The SMILES string of the molecule is CC1(C)OB(c2ccc(-c3cccc(-c4ccccc4)c3)c3ccccc23)OC1(C)C. The lowest BCUT2D eigenvalue weighted by molar-refractivity contribution is 0.00578. The fraction of sp³-hybridized carbons (Fsp3) is 0.214. The van der Waals surface area contributed by atoms with Gasteiger partial charge in [0.1, 0.15) is 0 Å². The third-order valence-corrected chi connectivity index (χ3v) is 6.75. The highest BCUT2D eigenvalue weighted by Crippen LogP contribution is 2.38. The van der Waals surface area contributed by atoms with E-state index in [9.17, 15) is 0 Å². The maximum absolute atomic E-state index is 6.36. The molecular formula is C28H27BO2. The lowest BCUT2D eigenvalue weighted by atomic mass is 9.75. The molecule has 1 fully saturated rings. The van der Waals surface area contributed by atoms with Crippen LogP contribution in [0.15, 0.2) is 91.0 Å². The second-order valence-electron chi connectivity index (χ2n) is 9.28. The van der Waals surface area contributed by atoms with E-state index in [1.54, 1.807) is 0 Å². The van der Waals surface area contributed by atoms with E-state index in [1.165, 1.54) is 33.0 Å². The summed E-state index contributed by atoms with van der Waals surface area (Å²) in [7, 11) is -0.375. The van der Waals surface area contributed by atoms with Gasteiger partial charge in [-0.2, -0.15) is 0 Å². The zero-order valence-corrected chi connectivity index (χ0v) is 18.6. The van der Waals surface area contributed by atoms with Gasteiger partial charge < -0.3 is 9.31 Å². The van der Waals surface area contributed by atoms with E-state index >= 15 is 0 Å². The first-order valence-corrected chi connectivity index (χ1v) is 10.9. The minimum absolute atomic E-state index is 0.360. The summed E-state index contributed by atoms with van der Waals surface area (Å²) in [4.78, 5) is 0. The summed E-state index contributed by atoms with van der Waals surface area (Å²) in [5, 5.41) is 2.38. The molecule has 0 spiro atoms. The Morgan fingerprint density at radius 2 is 1.13 bits per heavy atom. The zero-order valence-electron chi connectivity index (χ0n) is 18.6. The molecule has 0 amide bonds. The largest absolute Gasteiger partial charge is 0.495 e. The molecule has 154 valence electrons. The van der Waals surface area contributed by atoms with Crippen LogP contribution < -0.4 is 5.46 Å². The van der Waals surface area contributed by atoms with Crippen LogP contribution in [-0.4, -0.2) is 18.3 Å². The zero-order chi connectivity index (χ0) is 21.6. The molecule has 0 unspecified atom stereocenters. The standard InChI is InChI=1S/C28H27BO2/c1-27(2)28(3,4)31-29(30-27)26-18-17-23(24-15-8-9-16-25(24)26)22-14-10-13-21(19-22)20-11-6-5-7-12-20/h5-19H,1-4H3. The van der Waals surface area contributed by atoms with Crippen molar-refractivity contribution in [3.63, 3.8) is 0 Å². The van der Waals surface area contributed by atoms with Crippen molar-refractivity contribution in [3.8, 4) is 22.3 Å². The quantitative estimate of drug-likeness (QED) is 0.363. The maximum Gasteiger partial charge on any atom is 0.495 e. The van der Waals surface area contributed by atoms with Crippen molar-refractivity contribution in [2.45, 2.75) is 38.9 Å². The van der Waals surface area contributed by atoms with Gasteiger partial charge in [-0.05, 0) is 72.3 Å². The monoisotopic (exact) mass is 406 g/mol. The van der Waals surface area contributed by atoms with E-state index < -0.39 is 0 Å². The molecule has 31 heavy (non-hydrogen) atoms. The Hall–Kier alpha value is -2.88. The summed E-state index contributed by atoms with van der Waals surface area (Å²) < 4.78 is 12.7. The summed E-state index contributed by atoms with van der Waals surface area (Å²) >= 11 is 0. The first kappa shape index (κ1) is 20.1. The van der Waals surface area contributed by atoms with Crippen molar-refractivity contribution in [1.29, 1.82) is 0 Å². The van der Waals surface area contributed by atoms with Crippen LogP contribution in [0, 0.1) is 0 Å². The highest BCUT2D eigenvalue weighted by molar-refractivity contribution is 6.65. The van der Waals surface area contributed by atoms with Crippen LogP contribution in [-0.2, 0) is 9.31 Å². The van der Waals surface area contributed by atoms with Crippen molar-refractivity contribution in [3.05, 3.63) is 91.0 Å². The molecule has 5 rings (SSSR count). The van der Waals surface area contributed by atoms with Crippen LogP contribution in [0.4, 0.5) is 0 Å². The number of hydrogen-bond donors (Lipinski definition) is 0. The Morgan fingerprint density at radius 3 is 1.84 bits per heavy atom. The minimum Gasteiger partial charge on any atom is -0.399 e. The van der Waals surface area contributed by atoms with E-state index in [0.29, 0.717) is 0 Å². The minimum atomic E-state index is -0.375. The summed E-state index contributed by atoms with van der Waals surface area (Å²) in [5.74, 6) is 0. The molecule has 0 radical (unpaired) electrons. The molecule has 0 bridgehead atoms. The van der Waals surface area contributed by atoms with Crippen molar-refractivity contribution >= 4 is 23.4 Å². The first-order chi connectivity index (χ1) is 14.9. The summed E-state index contributed by atoms with van der Waals surface area (Å²) in [6.45, 7) is 8.38. The average Bonchev–Trinajstić information content (AvgIpc) is 3.00. The van der Waals surface area contributed by atoms with Crippen molar-refractivity contribution in [1.82, 2.24) is 0 Å². The molecule has 1 heterocycles. The molecule has 0 atom stereocenters. The second kappa shape index (κ2) is 7.37. The topological polar surface area (TPSA) is 18.5 Å². The van der Waals surface area contributed by atoms with Gasteiger partial charge >= 0.3 is 7.12 Å². The van der Waals surface area contributed by atoms with E-state index in [2.05, 4.69) is 119 Å². The second-order valence-corrected chi connectivity index (χ2v) is 9.28. The summed E-state index contributed by atoms with van der Waals surface area (Å²) in [5.41, 5.74) is 5.23. The van der Waals surface area contributed by atoms with Gasteiger partial charge in [-0.15, -0.1) is 0 Å². The fourth-order valence-corrected chi connectivity index (χ4v) is 4.25. The summed E-state index contributed by atoms with van der Waals surface area (Å²) in [6.07, 6.45) is 0. The highest BCUT2D eigenvalue weighted by Gasteiger charge is 2.52. The molecule has 4 aromatic carbocycles. The van der Waals surface area contributed by atoms with E-state index in [0.717, 1.165) is 5.46 Å². The third kappa shape index (κ3) is 3.48. The predicted octanol–water partition coefficient (Wildman–Crippen LogP) is 6.47. The van der Waals surface area contributed by atoms with Crippen LogP contribution >= 0.6 is 0 Å². The Labute approximate surface area is 185 Å². The van der Waals surface area contributed by atoms with Gasteiger partial charge in [0, 0.05) is 0 Å². The Kier molecular flexibility index (Phi) is 4.77. The van der Waals surface area contributed by atoms with E-state index in [4.69, 9.17) is 9.31 Å². The van der Waals surface area contributed by atoms with Crippen LogP contribution in [0.1, 0.15) is 27.7 Å². The van der Waals surface area contributed by atoms with Gasteiger partial charge in [0.15, 0.2) is 0 Å². The molecule has 2 nitrogen and oxygen atoms in total. The first-order valence-electron chi connectivity index (χ1n) is 10.9. The maximum atomic E-state index is 6.36. The van der Waals surface area contributed by atoms with Crippen LogP contribution in [0.25, 0.3) is 33.0 Å². The molecule has 0 aromatic heterocycles. The Bertz CT molecular complexity index is 1230. The van der Waals surface area contributed by atoms with Gasteiger partial charge in [0.2, 0.25) is 0 Å². The van der Waals surface area contributed by atoms with Gasteiger partial charge in [0.25, 0.3) is 0 Å². The van der Waals surface area contributed by atoms with Gasteiger partial charge in [-0.3, -0.25) is 0 Å². The molecule has 3 heteroatoms. The number of fused-ring (bicyclic) bond motifs is 1. The Morgan fingerprint density at radius 1 is 0.548 bits per heavy atom. The van der Waals surface area contributed by atoms with Gasteiger partial charge in [-0.25, -0.2) is 0 Å². The smallest absolute Gasteiger partial charge is 0.399 e. The van der Waals surface area contributed by atoms with Gasteiger partial charge in [0.05, 0.1) is 11.2 Å². The molecule has 0 aliphatic carbocycles. The highest BCUT2D eigenvalue weighted by atomic mass is 16.7.